The third-order valence-corrected chi connectivity index (χ3v) is 16.2. The average molecular weight is 1070 g/mol. The predicted octanol–water partition coefficient (Wildman–Crippen LogP) is 7.24. The molecule has 5 rings (SSSR count). The van der Waals surface area contributed by atoms with Crippen LogP contribution in [0.25, 0.3) is 0 Å². The van der Waals surface area contributed by atoms with Gasteiger partial charge >= 0.3 is 18.0 Å². The minimum Gasteiger partial charge on any atom is -0.496 e. The Labute approximate surface area is 447 Å². The first-order valence-corrected chi connectivity index (χ1v) is 27.2. The minimum atomic E-state index is -1.61. The van der Waals surface area contributed by atoms with E-state index in [-0.39, 0.29) is 67.9 Å². The number of likely N-dealkylation sites (N-methyl/N-ethyl adjacent to an activating group) is 3. The molecule has 75 heavy (non-hydrogen) atoms. The Hall–Kier alpha value is -5.08. The van der Waals surface area contributed by atoms with Crippen LogP contribution in [-0.2, 0) is 58.8 Å². The van der Waals surface area contributed by atoms with Gasteiger partial charge in [-0.25, -0.2) is 9.59 Å². The fourth-order valence-electron chi connectivity index (χ4n) is 9.90. The first kappa shape index (κ1) is 60.8. The van der Waals surface area contributed by atoms with E-state index < -0.39 is 89.6 Å². The van der Waals surface area contributed by atoms with Crippen LogP contribution in [0.4, 0.5) is 9.59 Å². The quantitative estimate of drug-likeness (QED) is 0.0747. The fraction of sp³-hybridized carbons (Fsp3) is 0.661. The van der Waals surface area contributed by atoms with Crippen molar-refractivity contribution in [2.45, 2.75) is 172 Å². The zero-order chi connectivity index (χ0) is 55.4. The Kier molecular flexibility index (Phi) is 22.1. The van der Waals surface area contributed by atoms with Gasteiger partial charge in [-0.3, -0.25) is 24.0 Å². The van der Waals surface area contributed by atoms with Crippen molar-refractivity contribution in [3.05, 3.63) is 64.8 Å². The monoisotopic (exact) mass is 1070 g/mol. The molecule has 2 heterocycles. The Balaban J connectivity index is 1.23. The van der Waals surface area contributed by atoms with Crippen molar-refractivity contribution < 1.29 is 71.8 Å². The van der Waals surface area contributed by atoms with Crippen LogP contribution in [0.5, 0.6) is 5.75 Å². The number of hydrogen-bond acceptors (Lipinski definition) is 16. The summed E-state index contributed by atoms with van der Waals surface area (Å²) < 4.78 is 41.6. The lowest BCUT2D eigenvalue weighted by molar-refractivity contribution is -0.187. The molecule has 19 heteroatoms. The number of amides is 3. The largest absolute Gasteiger partial charge is 0.496 e. The Bertz CT molecular complexity index is 2320. The molecule has 0 radical (unpaired) electrons. The highest BCUT2D eigenvalue weighted by molar-refractivity contribution is 8.13. The molecule has 1 N–H and O–H groups in total. The lowest BCUT2D eigenvalue weighted by Crippen LogP contribution is -2.53. The van der Waals surface area contributed by atoms with Crippen molar-refractivity contribution in [2.75, 3.05) is 60.8 Å². The molecule has 2 saturated heterocycles. The molecule has 416 valence electrons. The van der Waals surface area contributed by atoms with Crippen molar-refractivity contribution in [2.24, 2.45) is 5.92 Å². The van der Waals surface area contributed by atoms with Crippen LogP contribution >= 0.6 is 11.8 Å². The second-order valence-corrected chi connectivity index (χ2v) is 21.9. The maximum Gasteiger partial charge on any atom is 0.410 e. The van der Waals surface area contributed by atoms with Gasteiger partial charge in [-0.05, 0) is 82.2 Å². The van der Waals surface area contributed by atoms with E-state index in [4.69, 9.17) is 33.2 Å². The molecule has 0 spiro atoms. The summed E-state index contributed by atoms with van der Waals surface area (Å²) in [6.45, 7) is 12.8. The molecule has 1 aromatic carbocycles. The Morgan fingerprint density at radius 3 is 2.40 bits per heavy atom. The Morgan fingerprint density at radius 2 is 1.71 bits per heavy atom. The molecular weight excluding hydrogens is 987 g/mol. The molecule has 1 aromatic rings. The summed E-state index contributed by atoms with van der Waals surface area (Å²) in [4.78, 5) is 97.6. The number of benzene rings is 1. The molecule has 2 aliphatic carbocycles. The van der Waals surface area contributed by atoms with Gasteiger partial charge < -0.3 is 53.0 Å². The number of carbonyl (C=O) groups excluding carboxylic acids is 7. The number of esters is 2. The summed E-state index contributed by atoms with van der Waals surface area (Å²) in [5, 5.41) is 11.7. The van der Waals surface area contributed by atoms with Crippen molar-refractivity contribution in [1.82, 2.24) is 14.7 Å². The Morgan fingerprint density at radius 1 is 0.987 bits per heavy atom. The lowest BCUT2D eigenvalue weighted by Gasteiger charge is -2.41. The number of allylic oxidation sites excluding steroid dienone is 4. The van der Waals surface area contributed by atoms with Gasteiger partial charge in [0.1, 0.15) is 59.8 Å². The van der Waals surface area contributed by atoms with Crippen LogP contribution in [-0.4, -0.2) is 175 Å². The van der Waals surface area contributed by atoms with Crippen molar-refractivity contribution in [3.63, 3.8) is 0 Å². The number of nitrogens with zero attached hydrogens (tertiary/aromatic N) is 3. The molecule has 2 fully saturated rings. The summed E-state index contributed by atoms with van der Waals surface area (Å²) in [6.07, 6.45) is 7.62. The molecule has 11 atom stereocenters. The first-order valence-electron chi connectivity index (χ1n) is 26.2. The van der Waals surface area contributed by atoms with Crippen LogP contribution in [0.15, 0.2) is 48.1 Å². The van der Waals surface area contributed by atoms with Gasteiger partial charge in [0.05, 0.1) is 25.7 Å². The topological polar surface area (TPSA) is 217 Å². The van der Waals surface area contributed by atoms with Gasteiger partial charge in [0.2, 0.25) is 5.91 Å². The van der Waals surface area contributed by atoms with Gasteiger partial charge in [-0.2, -0.15) is 0 Å². The number of epoxide rings is 1. The van der Waals surface area contributed by atoms with Crippen molar-refractivity contribution in [1.29, 1.82) is 0 Å². The van der Waals surface area contributed by atoms with Crippen LogP contribution in [0.2, 0.25) is 0 Å². The molecule has 0 saturated carbocycles. The number of ketones is 2. The summed E-state index contributed by atoms with van der Waals surface area (Å²) in [7, 11) is 7.67. The number of rotatable bonds is 16. The number of methoxy groups -OCH3 is 2. The van der Waals surface area contributed by atoms with Crippen LogP contribution in [0, 0.1) is 12.8 Å². The molecule has 0 aromatic heterocycles. The molecule has 2 aliphatic heterocycles. The second kappa shape index (κ2) is 27.3. The molecule has 3 amide bonds. The number of fused-ring (bicyclic) bond motifs is 5. The van der Waals surface area contributed by atoms with Crippen LogP contribution in [0.1, 0.15) is 122 Å². The average Bonchev–Trinajstić information content (AvgIpc) is 4.07. The summed E-state index contributed by atoms with van der Waals surface area (Å²) >= 11 is 0.925. The molecular formula is C56H81N3O15S. The number of ether oxygens (including phenoxy) is 7. The van der Waals surface area contributed by atoms with Gasteiger partial charge in [0, 0.05) is 84.6 Å². The third kappa shape index (κ3) is 16.0. The summed E-state index contributed by atoms with van der Waals surface area (Å²) in [5.41, 5.74) is 0.589. The summed E-state index contributed by atoms with van der Waals surface area (Å²) in [6, 6.07) is 2.81. The summed E-state index contributed by atoms with van der Waals surface area (Å²) in [5.74, 6) is -2.53. The van der Waals surface area contributed by atoms with E-state index in [0.29, 0.717) is 25.0 Å². The maximum atomic E-state index is 14.5. The highest BCUT2D eigenvalue weighted by atomic mass is 32.2. The SMILES string of the molecule is CCC(=O)COC1CCCC/C=C/C1OC(=O)N(C)CCN(C)C(=O)SCCC(=O)N(C)[C@@H](C)C(=O)O[C@H]1CC(=O)C(C)c2cc(cc(OC)c2C)C/C(C)=C/C=C/C(OC)C2(O)CC(=O)OC(C2)[C@@H](C)[C@@H]2O[C@@]12C. The van der Waals surface area contributed by atoms with Crippen molar-refractivity contribution in [3.8, 4) is 5.75 Å². The number of Topliss-reactive ketones (excluding diaryl/α,β-unsaturated/α-hetero) is 2. The van der Waals surface area contributed by atoms with E-state index in [9.17, 15) is 38.7 Å². The highest BCUT2D eigenvalue weighted by Crippen LogP contribution is 2.50. The lowest BCUT2D eigenvalue weighted by atomic mass is 9.78. The van der Waals surface area contributed by atoms with Crippen LogP contribution < -0.4 is 4.74 Å². The standard InChI is InChI=1S/C56H81N3O15S/c1-13-40(60)33-70-43-20-16-14-15-17-21-44(43)72-53(65)57(8)24-25-58(9)54(66)75-26-23-49(62)59(10)38(6)52(64)73-48-30-42(61)35(3)41-28-39(29-45(68-11)36(41)4)27-34(2)19-18-22-47(69-12)56(67)31-46(71-50(63)32-56)37(5)51-55(48,7)74-51/h17-19,21-22,28-29,35,37-38,43-44,46-48,51,67H,13-16,20,23-27,30-33H2,1-12H3/b21-17+,22-18+,34-19+/t35?,37-,38+,43?,44?,46?,47?,48+,51+,55+,56?/m1/s1. The number of aliphatic hydroxyl groups is 1. The molecule has 4 bridgehead atoms. The number of carbonyl (C=O) groups is 7. The van der Waals surface area contributed by atoms with Crippen LogP contribution in [0.3, 0.4) is 0 Å². The van der Waals surface area contributed by atoms with Gasteiger partial charge in [-0.15, -0.1) is 0 Å². The van der Waals surface area contributed by atoms with E-state index in [0.717, 1.165) is 53.3 Å². The number of thioether (sulfide) groups is 1. The van der Waals surface area contributed by atoms with Gasteiger partial charge in [-0.1, -0.05) is 74.9 Å². The van der Waals surface area contributed by atoms with Crippen molar-refractivity contribution >= 4 is 52.5 Å². The predicted molar refractivity (Wildman–Crippen MR) is 282 cm³/mol. The third-order valence-electron chi connectivity index (χ3n) is 15.2. The van der Waals surface area contributed by atoms with E-state index in [1.54, 1.807) is 60.2 Å². The zero-order valence-electron chi connectivity index (χ0n) is 46.0. The number of hydrogen-bond donors (Lipinski definition) is 1. The zero-order valence-corrected chi connectivity index (χ0v) is 46.9. The highest BCUT2D eigenvalue weighted by Gasteiger charge is 2.64. The minimum absolute atomic E-state index is 0.0332. The van der Waals surface area contributed by atoms with Gasteiger partial charge in [0.25, 0.3) is 5.24 Å². The smallest absolute Gasteiger partial charge is 0.410 e. The second-order valence-electron chi connectivity index (χ2n) is 20.8. The maximum absolute atomic E-state index is 14.5. The molecule has 6 unspecified atom stereocenters. The van der Waals surface area contributed by atoms with Gasteiger partial charge in [0.15, 0.2) is 5.78 Å². The molecule has 18 nitrogen and oxygen atoms in total. The van der Waals surface area contributed by atoms with E-state index in [1.165, 1.54) is 35.8 Å². The molecule has 4 aliphatic rings. The van der Waals surface area contributed by atoms with E-state index in [1.807, 2.05) is 45.1 Å². The normalized spacial score (nSPS) is 30.1. The first-order chi connectivity index (χ1) is 35.5. The fourth-order valence-corrected chi connectivity index (χ4v) is 10.7. The van der Waals surface area contributed by atoms with E-state index >= 15 is 0 Å². The van der Waals surface area contributed by atoms with E-state index in [2.05, 4.69) is 0 Å².